The van der Waals surface area contributed by atoms with E-state index in [9.17, 15) is 22.8 Å². The molecule has 0 saturated heterocycles. The number of nitrogens with one attached hydrogen (secondary N) is 2. The molecule has 11 heteroatoms. The molecule has 0 aromatic carbocycles. The van der Waals surface area contributed by atoms with Gasteiger partial charge in [-0.25, -0.2) is 0 Å². The van der Waals surface area contributed by atoms with Gasteiger partial charge in [0, 0.05) is 37.9 Å². The molecule has 0 saturated carbocycles. The number of alkyl halides is 3. The smallest absolute Gasteiger partial charge is 0.350 e. The number of halogens is 3. The van der Waals surface area contributed by atoms with Crippen molar-refractivity contribution in [2.24, 2.45) is 5.92 Å². The van der Waals surface area contributed by atoms with Crippen molar-refractivity contribution in [3.63, 3.8) is 0 Å². The van der Waals surface area contributed by atoms with Crippen LogP contribution >= 0.6 is 0 Å². The highest BCUT2D eigenvalue weighted by Crippen LogP contribution is 2.28. The Balaban J connectivity index is 2.04. The molecule has 0 spiro atoms. The third-order valence-corrected chi connectivity index (χ3v) is 4.07. The van der Waals surface area contributed by atoms with Gasteiger partial charge in [-0.1, -0.05) is 13.8 Å². The van der Waals surface area contributed by atoms with Crippen molar-refractivity contribution in [2.45, 2.75) is 53.4 Å². The van der Waals surface area contributed by atoms with Crippen LogP contribution in [0, 0.1) is 12.8 Å². The van der Waals surface area contributed by atoms with Gasteiger partial charge in [0.2, 0.25) is 5.91 Å². The summed E-state index contributed by atoms with van der Waals surface area (Å²) in [5.41, 5.74) is -0.344. The van der Waals surface area contributed by atoms with Crippen LogP contribution in [0.1, 0.15) is 49.1 Å². The van der Waals surface area contributed by atoms with Gasteiger partial charge in [-0.3, -0.25) is 19.0 Å². The Hall–Kier alpha value is -2.85. The number of carbonyl (C=O) groups is 2. The van der Waals surface area contributed by atoms with E-state index < -0.39 is 23.7 Å². The summed E-state index contributed by atoms with van der Waals surface area (Å²) < 4.78 is 40.9. The number of hydrogen-bond acceptors (Lipinski definition) is 4. The minimum atomic E-state index is -4.54. The first-order valence-electron chi connectivity index (χ1n) is 9.28. The van der Waals surface area contributed by atoms with Crippen molar-refractivity contribution in [1.29, 1.82) is 0 Å². The number of amides is 2. The van der Waals surface area contributed by atoms with Crippen molar-refractivity contribution >= 4 is 17.5 Å². The van der Waals surface area contributed by atoms with Gasteiger partial charge in [0.15, 0.2) is 11.4 Å². The standard InChI is InChI=1S/C18H25F3N6O2/c1-5-26-10-13(16(25-26)17(29)22-9-11(2)3)23-15(28)6-7-27-12(4)8-14(24-27)18(19,20)21/h8,10-11H,5-7,9H2,1-4H3,(H,22,29)(H,23,28). The van der Waals surface area contributed by atoms with Crippen LogP contribution in [0.3, 0.4) is 0 Å². The highest BCUT2D eigenvalue weighted by Gasteiger charge is 2.34. The van der Waals surface area contributed by atoms with Crippen LogP contribution in [-0.2, 0) is 24.1 Å². The van der Waals surface area contributed by atoms with Gasteiger partial charge in [-0.2, -0.15) is 23.4 Å². The fourth-order valence-electron chi connectivity index (χ4n) is 2.52. The van der Waals surface area contributed by atoms with Crippen molar-refractivity contribution in [1.82, 2.24) is 24.9 Å². The SMILES string of the molecule is CCn1cc(NC(=O)CCn2nc(C(F)(F)F)cc2C)c(C(=O)NCC(C)C)n1. The van der Waals surface area contributed by atoms with Gasteiger partial charge < -0.3 is 10.6 Å². The lowest BCUT2D eigenvalue weighted by molar-refractivity contribution is -0.141. The molecule has 0 aliphatic carbocycles. The third kappa shape index (κ3) is 6.06. The molecule has 0 aliphatic rings. The van der Waals surface area contributed by atoms with Crippen LogP contribution in [0.15, 0.2) is 12.3 Å². The van der Waals surface area contributed by atoms with E-state index in [1.807, 2.05) is 20.8 Å². The topological polar surface area (TPSA) is 93.8 Å². The lowest BCUT2D eigenvalue weighted by Crippen LogP contribution is -2.29. The number of hydrogen-bond donors (Lipinski definition) is 2. The summed E-state index contributed by atoms with van der Waals surface area (Å²) in [4.78, 5) is 24.6. The van der Waals surface area contributed by atoms with E-state index in [0.717, 1.165) is 10.7 Å². The summed E-state index contributed by atoms with van der Waals surface area (Å²) in [7, 11) is 0. The van der Waals surface area contributed by atoms with Gasteiger partial charge in [0.05, 0.1) is 5.69 Å². The number of nitrogens with zero attached hydrogens (tertiary/aromatic N) is 4. The van der Waals surface area contributed by atoms with Gasteiger partial charge in [-0.15, -0.1) is 0 Å². The predicted molar refractivity (Wildman–Crippen MR) is 100 cm³/mol. The zero-order valence-corrected chi connectivity index (χ0v) is 16.8. The molecule has 29 heavy (non-hydrogen) atoms. The van der Waals surface area contributed by atoms with Crippen LogP contribution in [0.2, 0.25) is 0 Å². The van der Waals surface area contributed by atoms with Crippen LogP contribution in [0.25, 0.3) is 0 Å². The highest BCUT2D eigenvalue weighted by atomic mass is 19.4. The zero-order valence-electron chi connectivity index (χ0n) is 16.8. The summed E-state index contributed by atoms with van der Waals surface area (Å²) in [6, 6.07) is 0.931. The molecule has 2 heterocycles. The molecule has 2 N–H and O–H groups in total. The maximum Gasteiger partial charge on any atom is 0.435 e. The maximum atomic E-state index is 12.7. The van der Waals surface area contributed by atoms with Crippen molar-refractivity contribution < 1.29 is 22.8 Å². The fraction of sp³-hybridized carbons (Fsp3) is 0.556. The molecule has 0 bridgehead atoms. The highest BCUT2D eigenvalue weighted by molar-refractivity contribution is 6.02. The van der Waals surface area contributed by atoms with Gasteiger partial charge in [0.25, 0.3) is 5.91 Å². The number of rotatable bonds is 8. The minimum absolute atomic E-state index is 0.0233. The van der Waals surface area contributed by atoms with Crippen molar-refractivity contribution in [3.05, 3.63) is 29.3 Å². The molecule has 2 aromatic rings. The molecule has 2 rings (SSSR count). The van der Waals surface area contributed by atoms with Crippen LogP contribution in [0.5, 0.6) is 0 Å². The lowest BCUT2D eigenvalue weighted by atomic mass is 10.2. The zero-order chi connectivity index (χ0) is 21.8. The monoisotopic (exact) mass is 414 g/mol. The number of aryl methyl sites for hydroxylation is 3. The summed E-state index contributed by atoms with van der Waals surface area (Å²) in [6.45, 7) is 8.18. The van der Waals surface area contributed by atoms with E-state index in [4.69, 9.17) is 0 Å². The average Bonchev–Trinajstić information content (AvgIpc) is 3.21. The molecule has 0 unspecified atom stereocenters. The Morgan fingerprint density at radius 3 is 2.48 bits per heavy atom. The molecular formula is C18H25F3N6O2. The van der Waals surface area contributed by atoms with Crippen molar-refractivity contribution in [2.75, 3.05) is 11.9 Å². The second-order valence-electron chi connectivity index (χ2n) is 7.04. The first-order chi connectivity index (χ1) is 13.5. The molecule has 160 valence electrons. The number of carbonyl (C=O) groups excluding carboxylic acids is 2. The molecule has 0 radical (unpaired) electrons. The van der Waals surface area contributed by atoms with E-state index in [-0.39, 0.29) is 30.3 Å². The Kier molecular flexibility index (Phi) is 7.04. The van der Waals surface area contributed by atoms with Crippen LogP contribution in [0.4, 0.5) is 18.9 Å². The molecule has 0 atom stereocenters. The van der Waals surface area contributed by atoms with Crippen LogP contribution < -0.4 is 10.6 Å². The molecule has 0 aliphatic heterocycles. The lowest BCUT2D eigenvalue weighted by Gasteiger charge is -2.08. The molecule has 8 nitrogen and oxygen atoms in total. The second kappa shape index (κ2) is 9.10. The number of aromatic nitrogens is 4. The third-order valence-electron chi connectivity index (χ3n) is 4.07. The van der Waals surface area contributed by atoms with Gasteiger partial charge in [0.1, 0.15) is 0 Å². The van der Waals surface area contributed by atoms with E-state index in [0.29, 0.717) is 18.8 Å². The van der Waals surface area contributed by atoms with E-state index in [2.05, 4.69) is 20.8 Å². The van der Waals surface area contributed by atoms with E-state index >= 15 is 0 Å². The minimum Gasteiger partial charge on any atom is -0.350 e. The number of anilines is 1. The summed E-state index contributed by atoms with van der Waals surface area (Å²) in [6.07, 6.45) is -3.10. The first kappa shape index (κ1) is 22.4. The van der Waals surface area contributed by atoms with Gasteiger partial charge >= 0.3 is 6.18 Å². The Labute approximate surface area is 166 Å². The Bertz CT molecular complexity index is 870. The largest absolute Gasteiger partial charge is 0.435 e. The quantitative estimate of drug-likeness (QED) is 0.695. The molecule has 2 amide bonds. The molecule has 2 aromatic heterocycles. The van der Waals surface area contributed by atoms with Crippen LogP contribution in [-0.4, -0.2) is 37.9 Å². The van der Waals surface area contributed by atoms with E-state index in [1.54, 1.807) is 6.20 Å². The second-order valence-corrected chi connectivity index (χ2v) is 7.04. The molecular weight excluding hydrogens is 389 g/mol. The molecule has 0 fully saturated rings. The van der Waals surface area contributed by atoms with E-state index in [1.165, 1.54) is 11.6 Å². The van der Waals surface area contributed by atoms with Gasteiger partial charge in [-0.05, 0) is 25.8 Å². The average molecular weight is 414 g/mol. The Morgan fingerprint density at radius 1 is 1.24 bits per heavy atom. The summed E-state index contributed by atoms with van der Waals surface area (Å²) >= 11 is 0. The summed E-state index contributed by atoms with van der Waals surface area (Å²) in [5.74, 6) is -0.606. The predicted octanol–water partition coefficient (Wildman–Crippen LogP) is 2.84. The first-order valence-corrected chi connectivity index (χ1v) is 9.28. The normalized spacial score (nSPS) is 11.7. The fourth-order valence-corrected chi connectivity index (χ4v) is 2.52. The summed E-state index contributed by atoms with van der Waals surface area (Å²) in [5, 5.41) is 13.0. The van der Waals surface area contributed by atoms with Crippen molar-refractivity contribution in [3.8, 4) is 0 Å². The maximum absolute atomic E-state index is 12.7. The Morgan fingerprint density at radius 2 is 1.93 bits per heavy atom.